The fourth-order valence-corrected chi connectivity index (χ4v) is 3.87. The monoisotopic (exact) mass is 412 g/mol. The molecule has 0 aliphatic carbocycles. The molecule has 1 fully saturated rings. The summed E-state index contributed by atoms with van der Waals surface area (Å²) in [5.41, 5.74) is 1.40. The summed E-state index contributed by atoms with van der Waals surface area (Å²) < 4.78 is 26.6. The summed E-state index contributed by atoms with van der Waals surface area (Å²) in [4.78, 5) is 32.1. The van der Waals surface area contributed by atoms with E-state index in [1.165, 1.54) is 11.0 Å². The third-order valence-corrected chi connectivity index (χ3v) is 5.44. The van der Waals surface area contributed by atoms with Gasteiger partial charge in [0.2, 0.25) is 5.91 Å². The summed E-state index contributed by atoms with van der Waals surface area (Å²) in [5, 5.41) is 5.79. The number of anilines is 1. The van der Waals surface area contributed by atoms with Gasteiger partial charge in [-0.15, -0.1) is 0 Å². The number of hydrogen-bond donors (Lipinski definition) is 2. The molecule has 0 bridgehead atoms. The second-order valence-corrected chi connectivity index (χ2v) is 7.66. The molecule has 2 aliphatic heterocycles. The average molecular weight is 412 g/mol. The van der Waals surface area contributed by atoms with Gasteiger partial charge in [0.1, 0.15) is 17.9 Å². The highest BCUT2D eigenvalue weighted by Gasteiger charge is 2.48. The Labute approximate surface area is 173 Å². The maximum Gasteiger partial charge on any atom is 0.275 e. The largest absolute Gasteiger partial charge is 0.324 e. The summed E-state index contributed by atoms with van der Waals surface area (Å²) in [5.74, 6) is -2.86. The number of aliphatic imine (C=N–C) groups is 1. The lowest BCUT2D eigenvalue weighted by Crippen LogP contribution is -2.57. The Morgan fingerprint density at radius 2 is 1.97 bits per heavy atom. The van der Waals surface area contributed by atoms with Gasteiger partial charge < -0.3 is 15.5 Å². The normalized spacial score (nSPS) is 21.1. The topological polar surface area (TPSA) is 73.8 Å². The van der Waals surface area contributed by atoms with Crippen molar-refractivity contribution in [3.8, 4) is 0 Å². The Morgan fingerprint density at radius 3 is 2.63 bits per heavy atom. The van der Waals surface area contributed by atoms with Crippen LogP contribution in [-0.2, 0) is 9.59 Å². The zero-order chi connectivity index (χ0) is 21.3. The van der Waals surface area contributed by atoms with Gasteiger partial charge in [0.15, 0.2) is 11.6 Å². The van der Waals surface area contributed by atoms with Crippen LogP contribution in [-0.4, -0.2) is 47.7 Å². The molecule has 2 aromatic carbocycles. The van der Waals surface area contributed by atoms with Crippen molar-refractivity contribution in [3.05, 3.63) is 65.2 Å². The molecule has 0 radical (unpaired) electrons. The van der Waals surface area contributed by atoms with Crippen molar-refractivity contribution < 1.29 is 18.4 Å². The molecule has 156 valence electrons. The molecule has 2 N–H and O–H groups in total. The first-order valence-corrected chi connectivity index (χ1v) is 9.82. The van der Waals surface area contributed by atoms with Crippen LogP contribution < -0.4 is 10.6 Å². The predicted molar refractivity (Wildman–Crippen MR) is 109 cm³/mol. The van der Waals surface area contributed by atoms with Crippen molar-refractivity contribution in [1.29, 1.82) is 0 Å². The first-order chi connectivity index (χ1) is 14.4. The van der Waals surface area contributed by atoms with E-state index >= 15 is 0 Å². The Morgan fingerprint density at radius 1 is 1.20 bits per heavy atom. The second-order valence-electron chi connectivity index (χ2n) is 7.66. The van der Waals surface area contributed by atoms with Crippen LogP contribution in [0.25, 0.3) is 0 Å². The summed E-state index contributed by atoms with van der Waals surface area (Å²) in [7, 11) is 0. The lowest BCUT2D eigenvalue weighted by molar-refractivity contribution is -0.133. The number of benzene rings is 2. The average Bonchev–Trinajstić information content (AvgIpc) is 2.98. The highest BCUT2D eigenvalue weighted by atomic mass is 19.2. The van der Waals surface area contributed by atoms with Crippen molar-refractivity contribution >= 4 is 23.2 Å². The number of halogens is 2. The van der Waals surface area contributed by atoms with Crippen LogP contribution in [0.5, 0.6) is 0 Å². The van der Waals surface area contributed by atoms with Gasteiger partial charge in [0.05, 0.1) is 0 Å². The first kappa shape index (κ1) is 20.2. The van der Waals surface area contributed by atoms with Crippen molar-refractivity contribution in [3.63, 3.8) is 0 Å². The summed E-state index contributed by atoms with van der Waals surface area (Å²) in [6.45, 7) is 2.99. The molecule has 1 spiro atoms. The van der Waals surface area contributed by atoms with Crippen LogP contribution in [0.2, 0.25) is 0 Å². The fraction of sp³-hybridized carbons (Fsp3) is 0.318. The van der Waals surface area contributed by atoms with Gasteiger partial charge in [-0.1, -0.05) is 29.8 Å². The van der Waals surface area contributed by atoms with Gasteiger partial charge >= 0.3 is 0 Å². The Kier molecular flexibility index (Phi) is 5.34. The highest BCUT2D eigenvalue weighted by Crippen LogP contribution is 2.32. The van der Waals surface area contributed by atoms with Crippen LogP contribution >= 0.6 is 0 Å². The number of hydrogen-bond acceptors (Lipinski definition) is 4. The van der Waals surface area contributed by atoms with Crippen LogP contribution in [0.4, 0.5) is 14.5 Å². The maximum absolute atomic E-state index is 13.4. The van der Waals surface area contributed by atoms with E-state index < -0.39 is 23.2 Å². The third-order valence-electron chi connectivity index (χ3n) is 5.44. The minimum atomic E-state index is -1.05. The molecule has 2 aliphatic rings. The molecular formula is C22H22F2N4O2. The molecule has 2 amide bonds. The number of nitrogens with zero attached hydrogens (tertiary/aromatic N) is 2. The molecule has 6 nitrogen and oxygen atoms in total. The number of nitrogens with one attached hydrogen (secondary N) is 2. The number of carbonyl (C=O) groups excluding carboxylic acids is 2. The molecule has 30 heavy (non-hydrogen) atoms. The molecule has 2 heterocycles. The predicted octanol–water partition coefficient (Wildman–Crippen LogP) is 2.62. The van der Waals surface area contributed by atoms with Gasteiger partial charge in [-0.3, -0.25) is 9.59 Å². The number of aryl methyl sites for hydroxylation is 1. The molecule has 1 saturated heterocycles. The van der Waals surface area contributed by atoms with E-state index in [-0.39, 0.29) is 18.1 Å². The van der Waals surface area contributed by atoms with Gasteiger partial charge in [-0.2, -0.15) is 0 Å². The summed E-state index contributed by atoms with van der Waals surface area (Å²) in [6.07, 6.45) is 1.46. The van der Waals surface area contributed by atoms with E-state index in [4.69, 9.17) is 4.99 Å². The SMILES string of the molecule is Cc1ccc(C2=NC3(CCCNC3)N(CC(=O)Nc3ccc(F)c(F)c3)C2=O)cc1. The molecule has 0 aromatic heterocycles. The molecule has 1 atom stereocenters. The van der Waals surface area contributed by atoms with Crippen LogP contribution in [0.1, 0.15) is 24.0 Å². The van der Waals surface area contributed by atoms with Crippen molar-refractivity contribution in [1.82, 2.24) is 10.2 Å². The molecule has 4 rings (SSSR count). The van der Waals surface area contributed by atoms with Gasteiger partial charge in [0, 0.05) is 23.9 Å². The summed E-state index contributed by atoms with van der Waals surface area (Å²) >= 11 is 0. The van der Waals surface area contributed by atoms with Crippen LogP contribution in [0.3, 0.4) is 0 Å². The second kappa shape index (κ2) is 7.95. The Balaban J connectivity index is 1.57. The zero-order valence-corrected chi connectivity index (χ0v) is 16.5. The van der Waals surface area contributed by atoms with Gasteiger partial charge in [-0.05, 0) is 38.4 Å². The van der Waals surface area contributed by atoms with Crippen LogP contribution in [0.15, 0.2) is 47.5 Å². The number of carbonyl (C=O) groups is 2. The highest BCUT2D eigenvalue weighted by molar-refractivity contribution is 6.47. The number of rotatable bonds is 4. The lowest BCUT2D eigenvalue weighted by atomic mass is 9.99. The zero-order valence-electron chi connectivity index (χ0n) is 16.5. The quantitative estimate of drug-likeness (QED) is 0.811. The lowest BCUT2D eigenvalue weighted by Gasteiger charge is -2.39. The minimum absolute atomic E-state index is 0.126. The maximum atomic E-state index is 13.4. The van der Waals surface area contributed by atoms with E-state index in [0.717, 1.165) is 30.7 Å². The summed E-state index contributed by atoms with van der Waals surface area (Å²) in [6, 6.07) is 10.6. The van der Waals surface area contributed by atoms with Gasteiger partial charge in [0.25, 0.3) is 5.91 Å². The smallest absolute Gasteiger partial charge is 0.275 e. The van der Waals surface area contributed by atoms with E-state index in [1.54, 1.807) is 0 Å². The number of piperidine rings is 1. The van der Waals surface area contributed by atoms with E-state index in [1.807, 2.05) is 31.2 Å². The van der Waals surface area contributed by atoms with E-state index in [9.17, 15) is 18.4 Å². The molecular weight excluding hydrogens is 390 g/mol. The molecule has 1 unspecified atom stereocenters. The standard InChI is InChI=1S/C22H22F2N4O2/c1-14-3-5-15(6-4-14)20-21(30)28(22(27-20)9-2-10-25-13-22)12-19(29)26-16-7-8-17(23)18(24)11-16/h3-8,11,25H,2,9-10,12-13H2,1H3,(H,26,29). The number of amides is 2. The fourth-order valence-electron chi connectivity index (χ4n) is 3.87. The minimum Gasteiger partial charge on any atom is -0.324 e. The molecule has 2 aromatic rings. The van der Waals surface area contributed by atoms with E-state index in [0.29, 0.717) is 24.2 Å². The van der Waals surface area contributed by atoms with Gasteiger partial charge in [-0.25, -0.2) is 13.8 Å². The van der Waals surface area contributed by atoms with Crippen molar-refractivity contribution in [2.75, 3.05) is 25.0 Å². The van der Waals surface area contributed by atoms with Crippen molar-refractivity contribution in [2.24, 2.45) is 4.99 Å². The van der Waals surface area contributed by atoms with E-state index in [2.05, 4.69) is 10.6 Å². The Bertz CT molecular complexity index is 1010. The Hall–Kier alpha value is -3.13. The first-order valence-electron chi connectivity index (χ1n) is 9.82. The van der Waals surface area contributed by atoms with Crippen LogP contribution in [0, 0.1) is 18.6 Å². The third kappa shape index (κ3) is 3.82. The molecule has 8 heteroatoms. The molecule has 0 saturated carbocycles. The van der Waals surface area contributed by atoms with Crippen molar-refractivity contribution in [2.45, 2.75) is 25.4 Å².